The third-order valence-corrected chi connectivity index (χ3v) is 1.94. The lowest BCUT2D eigenvalue weighted by Crippen LogP contribution is -2.39. The predicted octanol–water partition coefficient (Wildman–Crippen LogP) is 1.05. The van der Waals surface area contributed by atoms with E-state index in [2.05, 4.69) is 10.6 Å². The first-order valence-electron chi connectivity index (χ1n) is 4.74. The summed E-state index contributed by atoms with van der Waals surface area (Å²) in [6.45, 7) is 5.49. The van der Waals surface area contributed by atoms with Gasteiger partial charge in [0.05, 0.1) is 6.54 Å². The van der Waals surface area contributed by atoms with Crippen LogP contribution in [0.15, 0.2) is 17.4 Å². The Morgan fingerprint density at radius 3 is 2.67 bits per heavy atom. The molecular formula is C9H17N3O3. The minimum absolute atomic E-state index is 0.0238. The third-order valence-electron chi connectivity index (χ3n) is 1.94. The highest BCUT2D eigenvalue weighted by Gasteiger charge is 2.23. The molecule has 0 aliphatic heterocycles. The Morgan fingerprint density at radius 1 is 1.67 bits per heavy atom. The molecule has 2 N–H and O–H groups in total. The van der Waals surface area contributed by atoms with E-state index >= 15 is 0 Å². The Morgan fingerprint density at radius 2 is 2.27 bits per heavy atom. The van der Waals surface area contributed by atoms with E-state index in [1.54, 1.807) is 13.0 Å². The van der Waals surface area contributed by atoms with Crippen molar-refractivity contribution < 1.29 is 14.9 Å². The fourth-order valence-electron chi connectivity index (χ4n) is 1.05. The summed E-state index contributed by atoms with van der Waals surface area (Å²) in [6.07, 6.45) is 2.97. The molecule has 1 atom stereocenters. The third kappa shape index (κ3) is 4.99. The first-order valence-corrected chi connectivity index (χ1v) is 4.74. The van der Waals surface area contributed by atoms with Crippen LogP contribution >= 0.6 is 0 Å². The second kappa shape index (κ2) is 6.80. The van der Waals surface area contributed by atoms with E-state index in [4.69, 9.17) is 5.21 Å². The molecule has 6 heteroatoms. The normalized spacial score (nSPS) is 14.5. The molecule has 0 heterocycles. The van der Waals surface area contributed by atoms with Crippen LogP contribution in [0.1, 0.15) is 20.8 Å². The number of hydroxylamine groups is 1. The molecule has 0 unspecified atom stereocenters. The molecule has 0 aliphatic carbocycles. The lowest BCUT2D eigenvalue weighted by molar-refractivity contribution is -0.596. The first-order chi connectivity index (χ1) is 7.02. The molecule has 0 aliphatic rings. The largest absolute Gasteiger partial charge is 0.597 e. The molecule has 0 aromatic rings. The van der Waals surface area contributed by atoms with E-state index in [0.29, 0.717) is 0 Å². The van der Waals surface area contributed by atoms with Gasteiger partial charge in [-0.25, -0.2) is 0 Å². The van der Waals surface area contributed by atoms with Crippen LogP contribution in [0.4, 0.5) is 0 Å². The number of allylic oxidation sites excluding steroid dienone is 1. The SMILES string of the molecule is C/C=C\C(=O)NC[C@@H](C(C)C)[N+]([O-])=NO. The quantitative estimate of drug-likeness (QED) is 0.311. The van der Waals surface area contributed by atoms with Gasteiger partial charge in [0.25, 0.3) is 0 Å². The first kappa shape index (κ1) is 13.4. The van der Waals surface area contributed by atoms with Gasteiger partial charge in [-0.05, 0) is 13.0 Å². The van der Waals surface area contributed by atoms with E-state index in [-0.39, 0.29) is 23.2 Å². The van der Waals surface area contributed by atoms with Gasteiger partial charge in [0, 0.05) is 5.92 Å². The Balaban J connectivity index is 4.26. The number of nitrogens with one attached hydrogen (secondary N) is 1. The highest BCUT2D eigenvalue weighted by molar-refractivity contribution is 5.87. The summed E-state index contributed by atoms with van der Waals surface area (Å²) < 4.78 is 0. The van der Waals surface area contributed by atoms with Crippen LogP contribution in [0.2, 0.25) is 0 Å². The van der Waals surface area contributed by atoms with Crippen molar-refractivity contribution in [3.63, 3.8) is 0 Å². The van der Waals surface area contributed by atoms with Gasteiger partial charge in [-0.1, -0.05) is 24.8 Å². The average Bonchev–Trinajstić information content (AvgIpc) is 2.17. The lowest BCUT2D eigenvalue weighted by Gasteiger charge is -2.16. The highest BCUT2D eigenvalue weighted by atomic mass is 16.6. The molecule has 0 aromatic heterocycles. The summed E-state index contributed by atoms with van der Waals surface area (Å²) >= 11 is 0. The fraction of sp³-hybridized carbons (Fsp3) is 0.667. The molecule has 86 valence electrons. The Hall–Kier alpha value is -1.59. The zero-order valence-corrected chi connectivity index (χ0v) is 9.17. The molecular weight excluding hydrogens is 198 g/mol. The number of hydrogen-bond acceptors (Lipinski definition) is 3. The van der Waals surface area contributed by atoms with E-state index in [0.717, 1.165) is 0 Å². The van der Waals surface area contributed by atoms with Gasteiger partial charge >= 0.3 is 0 Å². The van der Waals surface area contributed by atoms with Crippen LogP contribution in [-0.4, -0.2) is 28.6 Å². The molecule has 0 bridgehead atoms. The standard InChI is InChI=1S/C9H17N3O3/c1-4-5-9(13)10-6-8(7(2)3)12(15)11-14/h4-5,7-8,14H,6H2,1-3H3,(H,10,13)/b5-4-,12-11?/t8-/m0/s1. The zero-order valence-electron chi connectivity index (χ0n) is 9.17. The summed E-state index contributed by atoms with van der Waals surface area (Å²) in [4.78, 5) is 11.3. The molecule has 0 fully saturated rings. The van der Waals surface area contributed by atoms with Gasteiger partial charge < -0.3 is 15.7 Å². The Bertz CT molecular complexity index is 261. The predicted molar refractivity (Wildman–Crippen MR) is 54.3 cm³/mol. The molecule has 0 spiro atoms. The number of nitrogens with zero attached hydrogens (tertiary/aromatic N) is 2. The van der Waals surface area contributed by atoms with Crippen molar-refractivity contribution in [3.8, 4) is 0 Å². The van der Waals surface area contributed by atoms with Gasteiger partial charge in [-0.15, -0.1) is 0 Å². The van der Waals surface area contributed by atoms with Crippen LogP contribution in [-0.2, 0) is 4.79 Å². The van der Waals surface area contributed by atoms with E-state index in [9.17, 15) is 10.0 Å². The monoisotopic (exact) mass is 215 g/mol. The molecule has 1 amide bonds. The maximum Gasteiger partial charge on any atom is 0.243 e. The van der Waals surface area contributed by atoms with Gasteiger partial charge in [0.2, 0.25) is 11.9 Å². The summed E-state index contributed by atoms with van der Waals surface area (Å²) in [6, 6.07) is -0.566. The fourth-order valence-corrected chi connectivity index (χ4v) is 1.05. The van der Waals surface area contributed by atoms with Crippen molar-refractivity contribution in [2.75, 3.05) is 6.54 Å². The van der Waals surface area contributed by atoms with Crippen LogP contribution in [0.5, 0.6) is 0 Å². The molecule has 0 radical (unpaired) electrons. The summed E-state index contributed by atoms with van der Waals surface area (Å²) in [5.74, 6) is -0.293. The van der Waals surface area contributed by atoms with Crippen molar-refractivity contribution in [1.29, 1.82) is 0 Å². The Labute approximate surface area is 88.8 Å². The Kier molecular flexibility index (Phi) is 6.08. The molecule has 15 heavy (non-hydrogen) atoms. The topological polar surface area (TPSA) is 87.8 Å². The van der Waals surface area contributed by atoms with Crippen molar-refractivity contribution in [2.24, 2.45) is 11.2 Å². The van der Waals surface area contributed by atoms with E-state index in [1.165, 1.54) is 6.08 Å². The van der Waals surface area contributed by atoms with Gasteiger partial charge in [0.15, 0.2) is 5.28 Å². The van der Waals surface area contributed by atoms with E-state index in [1.807, 2.05) is 13.8 Å². The number of amides is 1. The van der Waals surface area contributed by atoms with Crippen molar-refractivity contribution in [3.05, 3.63) is 17.4 Å². The van der Waals surface area contributed by atoms with Gasteiger partial charge in [0.1, 0.15) is 0 Å². The van der Waals surface area contributed by atoms with Crippen LogP contribution in [0.25, 0.3) is 0 Å². The molecule has 0 rings (SSSR count). The summed E-state index contributed by atoms with van der Waals surface area (Å²) in [7, 11) is 0. The van der Waals surface area contributed by atoms with Crippen LogP contribution < -0.4 is 5.32 Å². The van der Waals surface area contributed by atoms with Crippen molar-refractivity contribution in [1.82, 2.24) is 5.32 Å². The van der Waals surface area contributed by atoms with Crippen LogP contribution in [0.3, 0.4) is 0 Å². The minimum atomic E-state index is -0.566. The minimum Gasteiger partial charge on any atom is -0.597 e. The molecule has 0 aromatic carbocycles. The van der Waals surface area contributed by atoms with Gasteiger partial charge in [-0.2, -0.15) is 0 Å². The summed E-state index contributed by atoms with van der Waals surface area (Å²) in [5.41, 5.74) is 0. The smallest absolute Gasteiger partial charge is 0.243 e. The number of rotatable bonds is 5. The maximum absolute atomic E-state index is 11.1. The lowest BCUT2D eigenvalue weighted by atomic mass is 10.1. The second-order valence-electron chi connectivity index (χ2n) is 3.45. The number of carbonyl (C=O) groups is 1. The number of carbonyl (C=O) groups excluding carboxylic acids is 1. The van der Waals surface area contributed by atoms with Gasteiger partial charge in [-0.3, -0.25) is 4.79 Å². The average molecular weight is 215 g/mol. The molecule has 6 nitrogen and oxygen atoms in total. The van der Waals surface area contributed by atoms with Crippen LogP contribution in [0, 0.1) is 11.1 Å². The maximum atomic E-state index is 11.1. The van der Waals surface area contributed by atoms with Crippen molar-refractivity contribution >= 4 is 5.91 Å². The molecule has 0 saturated heterocycles. The second-order valence-corrected chi connectivity index (χ2v) is 3.45. The zero-order chi connectivity index (χ0) is 11.8. The highest BCUT2D eigenvalue weighted by Crippen LogP contribution is 2.04. The molecule has 0 saturated carbocycles. The number of hydrogen-bond donors (Lipinski definition) is 2. The van der Waals surface area contributed by atoms with E-state index < -0.39 is 6.04 Å². The van der Waals surface area contributed by atoms with Crippen molar-refractivity contribution in [2.45, 2.75) is 26.8 Å². The summed E-state index contributed by atoms with van der Waals surface area (Å²) in [5, 5.41) is 24.5.